The van der Waals surface area contributed by atoms with E-state index in [2.05, 4.69) is 20.8 Å². The highest BCUT2D eigenvalue weighted by Gasteiger charge is 2.56. The van der Waals surface area contributed by atoms with Crippen molar-refractivity contribution in [3.8, 4) is 0 Å². The van der Waals surface area contributed by atoms with Crippen LogP contribution in [0.15, 0.2) is 0 Å². The van der Waals surface area contributed by atoms with E-state index in [1.165, 1.54) is 0 Å². The Morgan fingerprint density at radius 2 is 1.24 bits per heavy atom. The number of epoxide rings is 1. The molecule has 0 radical (unpaired) electrons. The van der Waals surface area contributed by atoms with Crippen LogP contribution in [0.2, 0.25) is 0 Å². The highest BCUT2D eigenvalue weighted by molar-refractivity contribution is 4.98. The van der Waals surface area contributed by atoms with E-state index in [4.69, 9.17) is 33.2 Å². The van der Waals surface area contributed by atoms with Gasteiger partial charge in [0.05, 0.1) is 12.7 Å². The molecule has 0 aromatic carbocycles. The molecule has 3 heterocycles. The quantitative estimate of drug-likeness (QED) is 0.271. The maximum atomic E-state index is 10.4. The third-order valence-electron chi connectivity index (χ3n) is 6.44. The van der Waals surface area contributed by atoms with E-state index in [9.17, 15) is 10.2 Å². The summed E-state index contributed by atoms with van der Waals surface area (Å²) >= 11 is 0. The number of aliphatic hydroxyl groups excluding tert-OH is 2. The van der Waals surface area contributed by atoms with Crippen molar-refractivity contribution in [2.24, 2.45) is 0 Å². The summed E-state index contributed by atoms with van der Waals surface area (Å²) in [5, 5.41) is 20.5. The zero-order valence-electron chi connectivity index (χ0n) is 20.6. The van der Waals surface area contributed by atoms with Crippen LogP contribution in [0, 0.1) is 0 Å². The number of hydrogen-bond acceptors (Lipinski definition) is 9. The summed E-state index contributed by atoms with van der Waals surface area (Å²) in [6, 6.07) is 0. The Morgan fingerprint density at radius 3 is 1.85 bits per heavy atom. The zero-order chi connectivity index (χ0) is 23.8. The SMILES string of the molecule is CCCCOC1C(OCCCC)[C@H](OCCCC)C(C)O[C@H]1OCC1O[C@@H]2OC2C(O)[C@@H]1O. The van der Waals surface area contributed by atoms with Crippen LogP contribution < -0.4 is 0 Å². The van der Waals surface area contributed by atoms with Crippen LogP contribution in [0.25, 0.3) is 0 Å². The van der Waals surface area contributed by atoms with Crippen molar-refractivity contribution in [3.05, 3.63) is 0 Å². The number of rotatable bonds is 15. The second-order valence-electron chi connectivity index (χ2n) is 9.23. The molecule has 3 rings (SSSR count). The standard InChI is InChI=1S/C24H44O9/c1-5-8-11-27-19-15(4)31-23(22(29-13-10-7-3)21(19)28-12-9-6-2)30-14-16-17(25)18(26)20-24(32-16)33-20/h15-26H,5-14H2,1-4H3/t15?,16?,17-,18?,19-,20?,21?,22?,23-,24-/m1/s1. The van der Waals surface area contributed by atoms with Crippen LogP contribution >= 0.6 is 0 Å². The van der Waals surface area contributed by atoms with Crippen LogP contribution in [0.4, 0.5) is 0 Å². The van der Waals surface area contributed by atoms with E-state index in [1.54, 1.807) is 0 Å². The first-order valence-electron chi connectivity index (χ1n) is 12.8. The van der Waals surface area contributed by atoms with Crippen molar-refractivity contribution in [2.45, 2.75) is 128 Å². The normalized spacial score (nSPS) is 40.5. The summed E-state index contributed by atoms with van der Waals surface area (Å²) in [6.07, 6.45) is 0.151. The molecule has 3 aliphatic rings. The van der Waals surface area contributed by atoms with Crippen LogP contribution in [-0.2, 0) is 33.2 Å². The lowest BCUT2D eigenvalue weighted by molar-refractivity contribution is -0.322. The Kier molecular flexibility index (Phi) is 11.3. The number of aliphatic hydroxyl groups is 2. The zero-order valence-corrected chi connectivity index (χ0v) is 20.6. The molecule has 3 saturated heterocycles. The van der Waals surface area contributed by atoms with Crippen molar-refractivity contribution in [2.75, 3.05) is 26.4 Å². The third-order valence-corrected chi connectivity index (χ3v) is 6.44. The molecule has 0 amide bonds. The molecule has 194 valence electrons. The predicted molar refractivity (Wildman–Crippen MR) is 120 cm³/mol. The molecular weight excluding hydrogens is 432 g/mol. The maximum Gasteiger partial charge on any atom is 0.187 e. The van der Waals surface area contributed by atoms with Gasteiger partial charge in [-0.1, -0.05) is 40.0 Å². The van der Waals surface area contributed by atoms with Crippen molar-refractivity contribution >= 4 is 0 Å². The number of fused-ring (bicyclic) bond motifs is 1. The molecule has 9 heteroatoms. The number of hydrogen-bond donors (Lipinski definition) is 2. The first-order chi connectivity index (χ1) is 16.0. The molecule has 0 aromatic heterocycles. The fourth-order valence-electron chi connectivity index (χ4n) is 4.25. The van der Waals surface area contributed by atoms with E-state index in [0.717, 1.165) is 38.5 Å². The van der Waals surface area contributed by atoms with E-state index in [0.29, 0.717) is 19.8 Å². The van der Waals surface area contributed by atoms with E-state index in [-0.39, 0.29) is 24.9 Å². The molecule has 0 spiro atoms. The Balaban J connectivity index is 1.68. The molecule has 0 bridgehead atoms. The fraction of sp³-hybridized carbons (Fsp3) is 1.00. The Bertz CT molecular complexity index is 550. The van der Waals surface area contributed by atoms with Gasteiger partial charge in [-0.2, -0.15) is 0 Å². The average molecular weight is 477 g/mol. The third kappa shape index (κ3) is 7.32. The molecule has 9 nitrogen and oxygen atoms in total. The molecule has 10 atom stereocenters. The van der Waals surface area contributed by atoms with Crippen molar-refractivity contribution in [1.82, 2.24) is 0 Å². The summed E-state index contributed by atoms with van der Waals surface area (Å²) in [7, 11) is 0. The van der Waals surface area contributed by atoms with Gasteiger partial charge in [0.25, 0.3) is 0 Å². The monoisotopic (exact) mass is 476 g/mol. The minimum Gasteiger partial charge on any atom is -0.387 e. The highest BCUT2D eigenvalue weighted by Crippen LogP contribution is 2.36. The molecule has 6 unspecified atom stereocenters. The Hall–Kier alpha value is -0.360. The van der Waals surface area contributed by atoms with Crippen LogP contribution in [0.3, 0.4) is 0 Å². The van der Waals surface area contributed by atoms with Gasteiger partial charge in [-0.05, 0) is 26.2 Å². The minimum absolute atomic E-state index is 0.0405. The highest BCUT2D eigenvalue weighted by atomic mass is 16.8. The Morgan fingerprint density at radius 1 is 0.667 bits per heavy atom. The van der Waals surface area contributed by atoms with Crippen molar-refractivity contribution in [3.63, 3.8) is 0 Å². The van der Waals surface area contributed by atoms with E-state index >= 15 is 0 Å². The van der Waals surface area contributed by atoms with Gasteiger partial charge in [0.1, 0.15) is 42.7 Å². The lowest BCUT2D eigenvalue weighted by Gasteiger charge is -2.45. The van der Waals surface area contributed by atoms with Crippen LogP contribution in [-0.4, -0.2) is 98.1 Å². The Labute approximate surface area is 197 Å². The van der Waals surface area contributed by atoms with E-state index in [1.807, 2.05) is 6.92 Å². The molecule has 0 saturated carbocycles. The second-order valence-corrected chi connectivity index (χ2v) is 9.23. The van der Waals surface area contributed by atoms with Gasteiger partial charge >= 0.3 is 0 Å². The average Bonchev–Trinajstić information content (AvgIpc) is 3.58. The first-order valence-corrected chi connectivity index (χ1v) is 12.8. The topological polar surface area (TPSA) is 108 Å². The lowest BCUT2D eigenvalue weighted by atomic mass is 9.98. The van der Waals surface area contributed by atoms with Crippen molar-refractivity contribution in [1.29, 1.82) is 0 Å². The van der Waals surface area contributed by atoms with Crippen LogP contribution in [0.5, 0.6) is 0 Å². The van der Waals surface area contributed by atoms with Crippen LogP contribution in [0.1, 0.15) is 66.2 Å². The molecule has 2 N–H and O–H groups in total. The fourth-order valence-corrected chi connectivity index (χ4v) is 4.25. The minimum atomic E-state index is -1.09. The number of ether oxygens (including phenoxy) is 7. The molecule has 0 aromatic rings. The molecule has 33 heavy (non-hydrogen) atoms. The van der Waals surface area contributed by atoms with Crippen molar-refractivity contribution < 1.29 is 43.4 Å². The van der Waals surface area contributed by atoms with Gasteiger partial charge in [0.15, 0.2) is 12.6 Å². The van der Waals surface area contributed by atoms with Gasteiger partial charge in [0, 0.05) is 19.8 Å². The summed E-state index contributed by atoms with van der Waals surface area (Å²) in [5.41, 5.74) is 0. The summed E-state index contributed by atoms with van der Waals surface area (Å²) in [5.74, 6) is 0. The lowest BCUT2D eigenvalue weighted by Crippen LogP contribution is -2.61. The van der Waals surface area contributed by atoms with E-state index < -0.39 is 43.1 Å². The number of unbranched alkanes of at least 4 members (excludes halogenated alkanes) is 3. The molecule has 3 fully saturated rings. The van der Waals surface area contributed by atoms with Gasteiger partial charge in [-0.15, -0.1) is 0 Å². The molecular formula is C24H44O9. The van der Waals surface area contributed by atoms with Gasteiger partial charge in [-0.3, -0.25) is 0 Å². The predicted octanol–water partition coefficient (Wildman–Crippen LogP) is 2.15. The molecule has 3 aliphatic heterocycles. The van der Waals surface area contributed by atoms with Gasteiger partial charge in [0.2, 0.25) is 0 Å². The molecule has 0 aliphatic carbocycles. The summed E-state index contributed by atoms with van der Waals surface area (Å²) in [4.78, 5) is 0. The summed E-state index contributed by atoms with van der Waals surface area (Å²) in [6.45, 7) is 10.2. The first kappa shape index (κ1) is 27.2. The van der Waals surface area contributed by atoms with Gasteiger partial charge < -0.3 is 43.4 Å². The smallest absolute Gasteiger partial charge is 0.187 e. The largest absolute Gasteiger partial charge is 0.387 e. The maximum absolute atomic E-state index is 10.4. The van der Waals surface area contributed by atoms with Gasteiger partial charge in [-0.25, -0.2) is 0 Å². The summed E-state index contributed by atoms with van der Waals surface area (Å²) < 4.78 is 42.0. The second kappa shape index (κ2) is 13.7.